The summed E-state index contributed by atoms with van der Waals surface area (Å²) < 4.78 is 0. The van der Waals surface area contributed by atoms with E-state index in [4.69, 9.17) is 23.2 Å². The number of hydrogen-bond donors (Lipinski definition) is 0. The SMILES string of the molecule is O=C(Cl)CCc1nncnc1Cl. The Morgan fingerprint density at radius 1 is 1.58 bits per heavy atom. The second-order valence-corrected chi connectivity index (χ2v) is 2.83. The van der Waals surface area contributed by atoms with Crippen LogP contribution in [-0.2, 0) is 11.2 Å². The largest absolute Gasteiger partial charge is 0.281 e. The Morgan fingerprint density at radius 3 is 2.92 bits per heavy atom. The molecule has 0 amide bonds. The summed E-state index contributed by atoms with van der Waals surface area (Å²) in [5.41, 5.74) is 0.494. The third kappa shape index (κ3) is 2.71. The lowest BCUT2D eigenvalue weighted by Crippen LogP contribution is -1.98. The molecule has 0 atom stereocenters. The average Bonchev–Trinajstić information content (AvgIpc) is 2.03. The minimum Gasteiger partial charge on any atom is -0.281 e. The van der Waals surface area contributed by atoms with Crippen molar-refractivity contribution in [1.29, 1.82) is 0 Å². The maximum Gasteiger partial charge on any atom is 0.222 e. The molecule has 1 heterocycles. The zero-order chi connectivity index (χ0) is 8.97. The number of aromatic nitrogens is 3. The summed E-state index contributed by atoms with van der Waals surface area (Å²) in [6, 6.07) is 0. The van der Waals surface area contributed by atoms with Crippen LogP contribution >= 0.6 is 23.2 Å². The lowest BCUT2D eigenvalue weighted by Gasteiger charge is -1.96. The van der Waals surface area contributed by atoms with Crippen molar-refractivity contribution < 1.29 is 4.79 Å². The number of rotatable bonds is 3. The first kappa shape index (κ1) is 9.35. The zero-order valence-electron chi connectivity index (χ0n) is 6.00. The maximum atomic E-state index is 10.4. The van der Waals surface area contributed by atoms with Gasteiger partial charge in [-0.3, -0.25) is 4.79 Å². The van der Waals surface area contributed by atoms with Crippen LogP contribution in [0.4, 0.5) is 0 Å². The highest BCUT2D eigenvalue weighted by Gasteiger charge is 2.04. The van der Waals surface area contributed by atoms with E-state index in [1.54, 1.807) is 0 Å². The Hall–Kier alpha value is -0.740. The maximum absolute atomic E-state index is 10.4. The second-order valence-electron chi connectivity index (χ2n) is 2.05. The Morgan fingerprint density at radius 2 is 2.33 bits per heavy atom. The molecule has 0 saturated heterocycles. The number of aryl methyl sites for hydroxylation is 1. The first-order valence-electron chi connectivity index (χ1n) is 3.20. The van der Waals surface area contributed by atoms with Gasteiger partial charge < -0.3 is 0 Å². The van der Waals surface area contributed by atoms with Gasteiger partial charge >= 0.3 is 0 Å². The van der Waals surface area contributed by atoms with Gasteiger partial charge in [0.1, 0.15) is 12.0 Å². The Labute approximate surface area is 78.9 Å². The van der Waals surface area contributed by atoms with Gasteiger partial charge in [-0.05, 0) is 11.6 Å². The quantitative estimate of drug-likeness (QED) is 0.697. The molecule has 4 nitrogen and oxygen atoms in total. The van der Waals surface area contributed by atoms with Crippen LogP contribution in [0.25, 0.3) is 0 Å². The average molecular weight is 206 g/mol. The molecule has 6 heteroatoms. The minimum absolute atomic E-state index is 0.196. The van der Waals surface area contributed by atoms with Crippen molar-refractivity contribution in [2.45, 2.75) is 12.8 Å². The molecule has 12 heavy (non-hydrogen) atoms. The van der Waals surface area contributed by atoms with Gasteiger partial charge in [0.15, 0.2) is 5.15 Å². The molecule has 0 bridgehead atoms. The minimum atomic E-state index is -0.420. The summed E-state index contributed by atoms with van der Waals surface area (Å²) in [5.74, 6) is 0. The highest BCUT2D eigenvalue weighted by molar-refractivity contribution is 6.63. The van der Waals surface area contributed by atoms with Gasteiger partial charge in [0, 0.05) is 12.8 Å². The Bertz CT molecular complexity index is 292. The molecule has 0 unspecified atom stereocenters. The van der Waals surface area contributed by atoms with E-state index in [1.807, 2.05) is 0 Å². The summed E-state index contributed by atoms with van der Waals surface area (Å²) >= 11 is 10.8. The van der Waals surface area contributed by atoms with Crippen LogP contribution in [0.15, 0.2) is 6.33 Å². The van der Waals surface area contributed by atoms with E-state index in [-0.39, 0.29) is 11.6 Å². The van der Waals surface area contributed by atoms with Gasteiger partial charge in [-0.1, -0.05) is 11.6 Å². The monoisotopic (exact) mass is 205 g/mol. The summed E-state index contributed by atoms with van der Waals surface area (Å²) in [4.78, 5) is 14.1. The summed E-state index contributed by atoms with van der Waals surface area (Å²) in [7, 11) is 0. The van der Waals surface area contributed by atoms with Gasteiger partial charge in [-0.15, -0.1) is 5.10 Å². The molecule has 0 fully saturated rings. The zero-order valence-corrected chi connectivity index (χ0v) is 7.51. The fraction of sp³-hybridized carbons (Fsp3) is 0.333. The lowest BCUT2D eigenvalue weighted by atomic mass is 10.3. The molecule has 0 N–H and O–H groups in total. The standard InChI is InChI=1S/C6H5Cl2N3O/c7-5(12)2-1-4-6(8)9-3-10-11-4/h3H,1-2H2. The van der Waals surface area contributed by atoms with Gasteiger partial charge in [-0.25, -0.2) is 4.98 Å². The van der Waals surface area contributed by atoms with Crippen LogP contribution in [0.1, 0.15) is 12.1 Å². The van der Waals surface area contributed by atoms with Crippen molar-refractivity contribution >= 4 is 28.4 Å². The third-order valence-electron chi connectivity index (χ3n) is 1.20. The van der Waals surface area contributed by atoms with Crippen LogP contribution < -0.4 is 0 Å². The molecular formula is C6H5Cl2N3O. The Kier molecular flexibility index (Phi) is 3.37. The molecule has 0 radical (unpaired) electrons. The molecule has 0 saturated carbocycles. The first-order valence-corrected chi connectivity index (χ1v) is 3.96. The van der Waals surface area contributed by atoms with Crippen molar-refractivity contribution in [2.24, 2.45) is 0 Å². The predicted octanol–water partition coefficient (Wildman–Crippen LogP) is 1.22. The van der Waals surface area contributed by atoms with E-state index < -0.39 is 5.24 Å². The highest BCUT2D eigenvalue weighted by Crippen LogP contribution is 2.09. The van der Waals surface area contributed by atoms with Crippen molar-refractivity contribution in [1.82, 2.24) is 15.2 Å². The van der Waals surface area contributed by atoms with Gasteiger partial charge in [0.25, 0.3) is 0 Å². The van der Waals surface area contributed by atoms with Crippen LogP contribution in [0.5, 0.6) is 0 Å². The van der Waals surface area contributed by atoms with E-state index in [0.29, 0.717) is 12.1 Å². The number of carbonyl (C=O) groups is 1. The van der Waals surface area contributed by atoms with Crippen LogP contribution in [0.2, 0.25) is 5.15 Å². The summed E-state index contributed by atoms with van der Waals surface area (Å²) in [5, 5.41) is 7.07. The van der Waals surface area contributed by atoms with E-state index >= 15 is 0 Å². The molecule has 64 valence electrons. The second kappa shape index (κ2) is 4.33. The van der Waals surface area contributed by atoms with Gasteiger partial charge in [0.2, 0.25) is 5.24 Å². The molecule has 1 aromatic heterocycles. The number of nitrogens with zero attached hydrogens (tertiary/aromatic N) is 3. The first-order chi connectivity index (χ1) is 5.70. The molecule has 0 aliphatic heterocycles. The van der Waals surface area contributed by atoms with E-state index in [9.17, 15) is 4.79 Å². The van der Waals surface area contributed by atoms with Crippen molar-refractivity contribution in [3.8, 4) is 0 Å². The number of halogens is 2. The fourth-order valence-corrected chi connectivity index (χ4v) is 0.928. The molecule has 1 rings (SSSR count). The van der Waals surface area contributed by atoms with Crippen molar-refractivity contribution in [3.63, 3.8) is 0 Å². The normalized spacial score (nSPS) is 9.83. The van der Waals surface area contributed by atoms with Crippen molar-refractivity contribution in [3.05, 3.63) is 17.2 Å². The van der Waals surface area contributed by atoms with Crippen LogP contribution in [0, 0.1) is 0 Å². The molecular weight excluding hydrogens is 201 g/mol. The van der Waals surface area contributed by atoms with E-state index in [2.05, 4.69) is 15.2 Å². The van der Waals surface area contributed by atoms with E-state index in [0.717, 1.165) is 0 Å². The highest BCUT2D eigenvalue weighted by atomic mass is 35.5. The number of carbonyl (C=O) groups excluding carboxylic acids is 1. The molecule has 0 aromatic carbocycles. The fourth-order valence-electron chi connectivity index (χ4n) is 0.658. The predicted molar refractivity (Wildman–Crippen MR) is 44.0 cm³/mol. The lowest BCUT2D eigenvalue weighted by molar-refractivity contribution is -0.111. The number of hydrogen-bond acceptors (Lipinski definition) is 4. The van der Waals surface area contributed by atoms with Gasteiger partial charge in [0.05, 0.1) is 0 Å². The molecule has 0 spiro atoms. The Balaban J connectivity index is 2.63. The van der Waals surface area contributed by atoms with Crippen molar-refractivity contribution in [2.75, 3.05) is 0 Å². The summed E-state index contributed by atoms with van der Waals surface area (Å²) in [6.45, 7) is 0. The summed E-state index contributed by atoms with van der Waals surface area (Å²) in [6.07, 6.45) is 1.82. The molecule has 0 aliphatic carbocycles. The topological polar surface area (TPSA) is 55.7 Å². The van der Waals surface area contributed by atoms with Gasteiger partial charge in [-0.2, -0.15) is 5.10 Å². The van der Waals surface area contributed by atoms with Crippen LogP contribution in [0.3, 0.4) is 0 Å². The van der Waals surface area contributed by atoms with Crippen LogP contribution in [-0.4, -0.2) is 20.4 Å². The molecule has 1 aromatic rings. The van der Waals surface area contributed by atoms with E-state index in [1.165, 1.54) is 6.33 Å². The third-order valence-corrected chi connectivity index (χ3v) is 1.70. The molecule has 0 aliphatic rings. The smallest absolute Gasteiger partial charge is 0.222 e.